The van der Waals surface area contributed by atoms with Crippen molar-refractivity contribution in [1.29, 1.82) is 0 Å². The number of para-hydroxylation sites is 1. The summed E-state index contributed by atoms with van der Waals surface area (Å²) in [6.07, 6.45) is -3.62. The molecule has 6 aromatic rings. The predicted octanol–water partition coefficient (Wildman–Crippen LogP) is 12.7. The van der Waals surface area contributed by atoms with E-state index < -0.39 is 40.5 Å². The van der Waals surface area contributed by atoms with Gasteiger partial charge in [0.05, 0.1) is 24.5 Å². The van der Waals surface area contributed by atoms with E-state index in [4.69, 9.17) is 0 Å². The zero-order valence-corrected chi connectivity index (χ0v) is 43.2. The molecule has 14 heteroatoms. The number of aryl methyl sites for hydroxylation is 2. The standard InChI is InChI=1S/C62H66F6N6O2/c1-43-12-6-13-45(36-43)55(22-10-30-71-32-26-59(27-33-71)57(75)69-41-73(59)52-19-4-3-5-20-52)49-24-25-54(44(2)37-49)48-16-9-21-53(40-48)74-42-70-58(76)60(74)28-34-72(35-29-60)31-11-23-56(46-14-7-17-50(38-46)61(63,64)65)47-15-8-18-51(39-47)62(66,67)68/h3-9,12-21,24-25,36-40,55-56H,10-11,22-23,26-35,41-42H2,1-2H3,(H,69,75)(H,70,76). The van der Waals surface area contributed by atoms with Crippen LogP contribution in [0.1, 0.15) is 108 Å². The summed E-state index contributed by atoms with van der Waals surface area (Å²) in [6.45, 7) is 9.71. The summed E-state index contributed by atoms with van der Waals surface area (Å²) in [5.74, 6) is -0.368. The molecular formula is C62H66F6N6O2. The molecule has 4 saturated heterocycles. The van der Waals surface area contributed by atoms with Crippen LogP contribution >= 0.6 is 0 Å². The number of likely N-dealkylation sites (tertiary alicyclic amines) is 2. The van der Waals surface area contributed by atoms with Gasteiger partial charge in [-0.05, 0) is 154 Å². The highest BCUT2D eigenvalue weighted by Crippen LogP contribution is 2.42. The minimum Gasteiger partial charge on any atom is -0.339 e. The second kappa shape index (κ2) is 21.8. The molecule has 0 bridgehead atoms. The van der Waals surface area contributed by atoms with E-state index in [0.717, 1.165) is 97.6 Å². The van der Waals surface area contributed by atoms with Gasteiger partial charge in [-0.25, -0.2) is 0 Å². The number of nitrogens with one attached hydrogen (secondary N) is 2. The first-order valence-corrected chi connectivity index (χ1v) is 26.7. The summed E-state index contributed by atoms with van der Waals surface area (Å²) in [5.41, 5.74) is 6.83. The summed E-state index contributed by atoms with van der Waals surface area (Å²) in [5, 5.41) is 6.25. The summed E-state index contributed by atoms with van der Waals surface area (Å²) >= 11 is 0. The smallest absolute Gasteiger partial charge is 0.339 e. The molecule has 6 aromatic carbocycles. The molecule has 4 aliphatic heterocycles. The fourth-order valence-electron chi connectivity index (χ4n) is 12.7. The van der Waals surface area contributed by atoms with Crippen molar-refractivity contribution in [3.63, 3.8) is 0 Å². The van der Waals surface area contributed by atoms with Gasteiger partial charge in [-0.15, -0.1) is 0 Å². The second-order valence-corrected chi connectivity index (χ2v) is 21.4. The number of hydrogen-bond acceptors (Lipinski definition) is 6. The molecule has 8 nitrogen and oxygen atoms in total. The Hall–Kier alpha value is -6.64. The SMILES string of the molecule is Cc1cccc(C(CCCN2CCC3(CC2)C(=O)NCN3c2ccccc2)c2ccc(-c3cccc(N4CNC(=O)C45CCN(CCCC(c4cccc(C(F)(F)F)c4)c4cccc(C(F)(F)F)c4)CC5)c3)c(C)c2)c1. The van der Waals surface area contributed by atoms with Gasteiger partial charge >= 0.3 is 12.4 Å². The normalized spacial score (nSPS) is 18.4. The average Bonchev–Trinajstić information content (AvgIpc) is 3.91. The average molecular weight is 1040 g/mol. The Kier molecular flexibility index (Phi) is 15.1. The quantitative estimate of drug-likeness (QED) is 0.0999. The highest BCUT2D eigenvalue weighted by molar-refractivity contribution is 5.94. The van der Waals surface area contributed by atoms with Crippen LogP contribution in [-0.4, -0.2) is 85.3 Å². The Morgan fingerprint density at radius 3 is 1.46 bits per heavy atom. The maximum Gasteiger partial charge on any atom is 0.416 e. The fourth-order valence-corrected chi connectivity index (χ4v) is 12.7. The number of amides is 2. The first-order valence-electron chi connectivity index (χ1n) is 26.7. The first-order chi connectivity index (χ1) is 36.5. The number of nitrogens with zero attached hydrogens (tertiary/aromatic N) is 4. The Morgan fingerprint density at radius 1 is 0.500 bits per heavy atom. The lowest BCUT2D eigenvalue weighted by Gasteiger charge is -2.43. The topological polar surface area (TPSA) is 71.2 Å². The molecule has 0 aliphatic carbocycles. The van der Waals surface area contributed by atoms with Crippen molar-refractivity contribution >= 4 is 23.2 Å². The van der Waals surface area contributed by atoms with Crippen LogP contribution in [0.3, 0.4) is 0 Å². The zero-order valence-electron chi connectivity index (χ0n) is 43.2. The minimum absolute atomic E-state index is 0.0189. The van der Waals surface area contributed by atoms with Crippen LogP contribution < -0.4 is 20.4 Å². The molecule has 398 valence electrons. The lowest BCUT2D eigenvalue weighted by Crippen LogP contribution is -2.56. The Labute approximate surface area is 442 Å². The lowest BCUT2D eigenvalue weighted by molar-refractivity contribution is -0.138. The third-order valence-corrected chi connectivity index (χ3v) is 16.8. The number of hydrogen-bond donors (Lipinski definition) is 2. The van der Waals surface area contributed by atoms with E-state index in [1.54, 1.807) is 12.1 Å². The third kappa shape index (κ3) is 11.0. The molecule has 1 atom stereocenters. The van der Waals surface area contributed by atoms with Gasteiger partial charge in [-0.3, -0.25) is 9.59 Å². The summed E-state index contributed by atoms with van der Waals surface area (Å²) < 4.78 is 82.8. The van der Waals surface area contributed by atoms with Crippen LogP contribution in [0, 0.1) is 13.8 Å². The van der Waals surface area contributed by atoms with Crippen molar-refractivity contribution < 1.29 is 35.9 Å². The van der Waals surface area contributed by atoms with Gasteiger partial charge in [-0.1, -0.05) is 115 Å². The van der Waals surface area contributed by atoms with Crippen LogP contribution in [0.5, 0.6) is 0 Å². The largest absolute Gasteiger partial charge is 0.416 e. The minimum atomic E-state index is -4.59. The van der Waals surface area contributed by atoms with E-state index in [1.165, 1.54) is 28.8 Å². The van der Waals surface area contributed by atoms with Gasteiger partial charge in [0.2, 0.25) is 11.8 Å². The highest BCUT2D eigenvalue weighted by Gasteiger charge is 2.51. The monoisotopic (exact) mass is 1040 g/mol. The van der Waals surface area contributed by atoms with Gasteiger partial charge in [0, 0.05) is 49.4 Å². The Balaban J connectivity index is 0.791. The van der Waals surface area contributed by atoms with Crippen molar-refractivity contribution in [2.75, 3.05) is 62.4 Å². The van der Waals surface area contributed by atoms with Crippen molar-refractivity contribution in [2.45, 2.75) is 100 Å². The van der Waals surface area contributed by atoms with E-state index in [1.807, 2.05) is 24.3 Å². The molecule has 4 heterocycles. The molecule has 0 aromatic heterocycles. The van der Waals surface area contributed by atoms with Gasteiger partial charge < -0.3 is 30.2 Å². The van der Waals surface area contributed by atoms with Gasteiger partial charge in [0.1, 0.15) is 11.1 Å². The molecule has 4 fully saturated rings. The maximum absolute atomic E-state index is 13.8. The summed E-state index contributed by atoms with van der Waals surface area (Å²) in [4.78, 5) is 36.4. The maximum atomic E-state index is 13.8. The number of benzene rings is 6. The predicted molar refractivity (Wildman–Crippen MR) is 287 cm³/mol. The van der Waals surface area contributed by atoms with Crippen LogP contribution in [0.4, 0.5) is 37.7 Å². The van der Waals surface area contributed by atoms with E-state index in [-0.39, 0.29) is 17.7 Å². The number of carbonyl (C=O) groups is 2. The molecule has 4 aliphatic rings. The number of carbonyl (C=O) groups excluding carboxylic acids is 2. The number of rotatable bonds is 15. The van der Waals surface area contributed by atoms with Crippen LogP contribution in [0.15, 0.2) is 146 Å². The van der Waals surface area contributed by atoms with Gasteiger partial charge in [0.25, 0.3) is 0 Å². The molecular weight excluding hydrogens is 975 g/mol. The fraction of sp³-hybridized carbons (Fsp3) is 0.387. The molecule has 1 unspecified atom stereocenters. The first kappa shape index (κ1) is 52.8. The van der Waals surface area contributed by atoms with Gasteiger partial charge in [0.15, 0.2) is 0 Å². The summed E-state index contributed by atoms with van der Waals surface area (Å²) in [6, 6.07) is 44.1. The molecule has 2 N–H and O–H groups in total. The lowest BCUT2D eigenvalue weighted by atomic mass is 9.83. The molecule has 0 radical (unpaired) electrons. The Morgan fingerprint density at radius 2 is 0.961 bits per heavy atom. The highest BCUT2D eigenvalue weighted by atomic mass is 19.4. The molecule has 2 spiro atoms. The number of halogens is 6. The second-order valence-electron chi connectivity index (χ2n) is 21.4. The van der Waals surface area contributed by atoms with Crippen molar-refractivity contribution in [3.05, 3.63) is 190 Å². The zero-order chi connectivity index (χ0) is 53.2. The number of alkyl halides is 6. The number of anilines is 2. The van der Waals surface area contributed by atoms with E-state index in [0.29, 0.717) is 69.8 Å². The van der Waals surface area contributed by atoms with Crippen molar-refractivity contribution in [1.82, 2.24) is 20.4 Å². The van der Waals surface area contributed by atoms with Crippen LogP contribution in [0.25, 0.3) is 11.1 Å². The molecule has 10 rings (SSSR count). The van der Waals surface area contributed by atoms with Crippen LogP contribution in [-0.2, 0) is 21.9 Å². The van der Waals surface area contributed by atoms with Gasteiger partial charge in [-0.2, -0.15) is 26.3 Å². The molecule has 2 amide bonds. The molecule has 76 heavy (non-hydrogen) atoms. The van der Waals surface area contributed by atoms with E-state index >= 15 is 0 Å². The van der Waals surface area contributed by atoms with E-state index in [9.17, 15) is 35.9 Å². The van der Waals surface area contributed by atoms with Crippen molar-refractivity contribution in [2.24, 2.45) is 0 Å². The summed E-state index contributed by atoms with van der Waals surface area (Å²) in [7, 11) is 0. The molecule has 0 saturated carbocycles. The van der Waals surface area contributed by atoms with Crippen molar-refractivity contribution in [3.8, 4) is 11.1 Å². The number of piperidine rings is 2. The third-order valence-electron chi connectivity index (χ3n) is 16.8. The van der Waals surface area contributed by atoms with Crippen LogP contribution in [0.2, 0.25) is 0 Å². The van der Waals surface area contributed by atoms with E-state index in [2.05, 4.69) is 117 Å². The Bertz CT molecular complexity index is 2960.